The number of anilines is 1. The number of pyridine rings is 1. The zero-order valence-electron chi connectivity index (χ0n) is 14.0. The van der Waals surface area contributed by atoms with Crippen LogP contribution in [0.15, 0.2) is 41.9 Å². The van der Waals surface area contributed by atoms with Crippen LogP contribution in [0.4, 0.5) is 5.82 Å². The second kappa shape index (κ2) is 8.62. The van der Waals surface area contributed by atoms with Crippen molar-refractivity contribution in [3.05, 3.63) is 46.8 Å². The van der Waals surface area contributed by atoms with Crippen molar-refractivity contribution < 1.29 is 9.59 Å². The Morgan fingerprint density at radius 1 is 1.12 bits per heavy atom. The van der Waals surface area contributed by atoms with Crippen LogP contribution in [0.5, 0.6) is 0 Å². The zero-order valence-corrected chi connectivity index (χ0v) is 14.8. The number of carbonyl (C=O) groups is 2. The highest BCUT2D eigenvalue weighted by atomic mass is 32.1. The van der Waals surface area contributed by atoms with E-state index in [1.165, 1.54) is 0 Å². The molecule has 2 aromatic heterocycles. The largest absolute Gasteiger partial charge is 0.357 e. The molecular formula is C18H22N4O2S. The Bertz CT molecular complexity index is 682. The average molecular weight is 358 g/mol. The second-order valence-corrected chi connectivity index (χ2v) is 7.12. The van der Waals surface area contributed by atoms with Gasteiger partial charge in [0.25, 0.3) is 0 Å². The standard InChI is InChI=1S/C18H22N4O2S/c23-17(18(24)21-13-15-4-3-11-25-15)20-12-14-6-9-22(10-7-14)16-5-1-2-8-19-16/h1-5,8,11,14H,6-7,9-10,12-13H2,(H,20,23)(H,21,24). The summed E-state index contributed by atoms with van der Waals surface area (Å²) < 4.78 is 0. The lowest BCUT2D eigenvalue weighted by atomic mass is 9.97. The molecule has 0 saturated carbocycles. The third-order valence-corrected chi connectivity index (χ3v) is 5.22. The van der Waals surface area contributed by atoms with Crippen LogP contribution in [0.3, 0.4) is 0 Å². The number of amides is 2. The highest BCUT2D eigenvalue weighted by Crippen LogP contribution is 2.20. The Morgan fingerprint density at radius 3 is 2.60 bits per heavy atom. The first-order valence-electron chi connectivity index (χ1n) is 8.47. The summed E-state index contributed by atoms with van der Waals surface area (Å²) in [6.07, 6.45) is 3.76. The maximum Gasteiger partial charge on any atom is 0.309 e. The summed E-state index contributed by atoms with van der Waals surface area (Å²) in [5.74, 6) is 0.273. The van der Waals surface area contributed by atoms with Crippen molar-refractivity contribution in [2.45, 2.75) is 19.4 Å². The van der Waals surface area contributed by atoms with E-state index in [0.717, 1.165) is 36.6 Å². The van der Waals surface area contributed by atoms with Crippen molar-refractivity contribution in [1.29, 1.82) is 0 Å². The second-order valence-electron chi connectivity index (χ2n) is 6.09. The molecule has 3 heterocycles. The summed E-state index contributed by atoms with van der Waals surface area (Å²) in [6, 6.07) is 9.76. The molecule has 1 saturated heterocycles. The number of thiophene rings is 1. The molecule has 2 amide bonds. The van der Waals surface area contributed by atoms with E-state index in [1.807, 2.05) is 35.7 Å². The number of hydrogen-bond acceptors (Lipinski definition) is 5. The lowest BCUT2D eigenvalue weighted by molar-refractivity contribution is -0.139. The molecule has 25 heavy (non-hydrogen) atoms. The van der Waals surface area contributed by atoms with E-state index in [0.29, 0.717) is 19.0 Å². The van der Waals surface area contributed by atoms with Gasteiger partial charge in [-0.3, -0.25) is 9.59 Å². The molecule has 0 atom stereocenters. The molecule has 0 radical (unpaired) electrons. The van der Waals surface area contributed by atoms with Gasteiger partial charge in [-0.25, -0.2) is 4.98 Å². The minimum atomic E-state index is -0.570. The quantitative estimate of drug-likeness (QED) is 0.799. The van der Waals surface area contributed by atoms with Crippen molar-refractivity contribution >= 4 is 29.0 Å². The first-order valence-corrected chi connectivity index (χ1v) is 9.35. The maximum absolute atomic E-state index is 11.9. The van der Waals surface area contributed by atoms with Gasteiger partial charge in [0, 0.05) is 30.7 Å². The van der Waals surface area contributed by atoms with E-state index >= 15 is 0 Å². The molecule has 1 aliphatic heterocycles. The summed E-state index contributed by atoms with van der Waals surface area (Å²) in [4.78, 5) is 31.4. The van der Waals surface area contributed by atoms with Gasteiger partial charge in [-0.2, -0.15) is 0 Å². The fourth-order valence-corrected chi connectivity index (χ4v) is 3.53. The van der Waals surface area contributed by atoms with Gasteiger partial charge in [-0.05, 0) is 42.3 Å². The third kappa shape index (κ3) is 5.03. The van der Waals surface area contributed by atoms with E-state index < -0.39 is 11.8 Å². The van der Waals surface area contributed by atoms with Crippen molar-refractivity contribution in [1.82, 2.24) is 15.6 Å². The van der Waals surface area contributed by atoms with E-state index in [9.17, 15) is 9.59 Å². The van der Waals surface area contributed by atoms with Gasteiger partial charge < -0.3 is 15.5 Å². The van der Waals surface area contributed by atoms with Crippen molar-refractivity contribution in [3.8, 4) is 0 Å². The topological polar surface area (TPSA) is 74.3 Å². The van der Waals surface area contributed by atoms with Gasteiger partial charge in [-0.1, -0.05) is 12.1 Å². The van der Waals surface area contributed by atoms with E-state index in [2.05, 4.69) is 20.5 Å². The third-order valence-electron chi connectivity index (χ3n) is 4.35. The molecule has 0 aliphatic carbocycles. The fraction of sp³-hybridized carbons (Fsp3) is 0.389. The predicted octanol–water partition coefficient (Wildman–Crippen LogP) is 1.79. The molecule has 1 fully saturated rings. The molecule has 1 aliphatic rings. The van der Waals surface area contributed by atoms with Crippen LogP contribution in [0.25, 0.3) is 0 Å². The van der Waals surface area contributed by atoms with E-state index in [1.54, 1.807) is 17.5 Å². The molecule has 3 rings (SSSR count). The molecule has 132 valence electrons. The lowest BCUT2D eigenvalue weighted by Gasteiger charge is -2.32. The number of nitrogens with zero attached hydrogens (tertiary/aromatic N) is 2. The Kier molecular flexibility index (Phi) is 6.00. The van der Waals surface area contributed by atoms with Crippen LogP contribution in [0.2, 0.25) is 0 Å². The molecule has 0 aromatic carbocycles. The van der Waals surface area contributed by atoms with Gasteiger partial charge in [0.05, 0.1) is 6.54 Å². The number of aromatic nitrogens is 1. The van der Waals surface area contributed by atoms with Gasteiger partial charge in [0.2, 0.25) is 0 Å². The smallest absolute Gasteiger partial charge is 0.309 e. The number of hydrogen-bond donors (Lipinski definition) is 2. The van der Waals surface area contributed by atoms with Crippen LogP contribution >= 0.6 is 11.3 Å². The molecule has 7 heteroatoms. The minimum absolute atomic E-state index is 0.395. The first kappa shape index (κ1) is 17.4. The summed E-state index contributed by atoms with van der Waals surface area (Å²) in [5.41, 5.74) is 0. The average Bonchev–Trinajstić information content (AvgIpc) is 3.19. The number of rotatable bonds is 5. The molecule has 0 spiro atoms. The molecule has 0 unspecified atom stereocenters. The Balaban J connectivity index is 1.36. The minimum Gasteiger partial charge on any atom is -0.357 e. The summed E-state index contributed by atoms with van der Waals surface area (Å²) >= 11 is 1.55. The van der Waals surface area contributed by atoms with Gasteiger partial charge in [-0.15, -0.1) is 11.3 Å². The number of nitrogens with one attached hydrogen (secondary N) is 2. The van der Waals surface area contributed by atoms with Crippen molar-refractivity contribution in [3.63, 3.8) is 0 Å². The maximum atomic E-state index is 11.9. The van der Waals surface area contributed by atoms with Crippen molar-refractivity contribution in [2.24, 2.45) is 5.92 Å². The van der Waals surface area contributed by atoms with Crippen LogP contribution < -0.4 is 15.5 Å². The van der Waals surface area contributed by atoms with Crippen LogP contribution in [-0.4, -0.2) is 36.4 Å². The Hall–Kier alpha value is -2.41. The molecular weight excluding hydrogens is 336 g/mol. The molecule has 0 bridgehead atoms. The highest BCUT2D eigenvalue weighted by molar-refractivity contribution is 7.09. The number of carbonyl (C=O) groups excluding carboxylic acids is 2. The zero-order chi connectivity index (χ0) is 17.5. The predicted molar refractivity (Wildman–Crippen MR) is 98.3 cm³/mol. The summed E-state index contributed by atoms with van der Waals surface area (Å²) in [7, 11) is 0. The Labute approximate surface area is 151 Å². The molecule has 2 N–H and O–H groups in total. The van der Waals surface area contributed by atoms with Crippen LogP contribution in [0.1, 0.15) is 17.7 Å². The van der Waals surface area contributed by atoms with Gasteiger partial charge >= 0.3 is 11.8 Å². The summed E-state index contributed by atoms with van der Waals surface area (Å²) in [5, 5.41) is 7.34. The Morgan fingerprint density at radius 2 is 1.92 bits per heavy atom. The number of piperidine rings is 1. The molecule has 6 nitrogen and oxygen atoms in total. The highest BCUT2D eigenvalue weighted by Gasteiger charge is 2.21. The van der Waals surface area contributed by atoms with Crippen LogP contribution in [-0.2, 0) is 16.1 Å². The van der Waals surface area contributed by atoms with Gasteiger partial charge in [0.15, 0.2) is 0 Å². The molecule has 2 aromatic rings. The monoisotopic (exact) mass is 358 g/mol. The first-order chi connectivity index (χ1) is 12.2. The van der Waals surface area contributed by atoms with E-state index in [-0.39, 0.29) is 0 Å². The van der Waals surface area contributed by atoms with E-state index in [4.69, 9.17) is 0 Å². The SMILES string of the molecule is O=C(NCc1cccs1)C(=O)NCC1CCN(c2ccccn2)CC1. The summed E-state index contributed by atoms with van der Waals surface area (Å²) in [6.45, 7) is 2.78. The van der Waals surface area contributed by atoms with Crippen LogP contribution in [0, 0.1) is 5.92 Å². The lowest BCUT2D eigenvalue weighted by Crippen LogP contribution is -2.43. The van der Waals surface area contributed by atoms with Crippen molar-refractivity contribution in [2.75, 3.05) is 24.5 Å². The fourth-order valence-electron chi connectivity index (χ4n) is 2.89. The van der Waals surface area contributed by atoms with Gasteiger partial charge in [0.1, 0.15) is 5.82 Å². The normalized spacial score (nSPS) is 15.0.